The number of likely N-dealkylation sites (tertiary alicyclic amines) is 2. The molecule has 10 rings (SSSR count). The molecular formula is C54H61FN8O4. The molecule has 3 N–H and O–H groups in total. The van der Waals surface area contributed by atoms with Gasteiger partial charge in [-0.3, -0.25) is 38.7 Å². The van der Waals surface area contributed by atoms with Crippen molar-refractivity contribution in [1.29, 1.82) is 0 Å². The highest BCUT2D eigenvalue weighted by Gasteiger charge is 2.35. The van der Waals surface area contributed by atoms with Crippen molar-refractivity contribution in [3.8, 4) is 11.1 Å². The normalized spacial score (nSPS) is 22.7. The molecule has 3 aromatic heterocycles. The average Bonchev–Trinajstić information content (AvgIpc) is 3.80. The predicted octanol–water partition coefficient (Wildman–Crippen LogP) is 8.44. The Morgan fingerprint density at radius 2 is 1.61 bits per heavy atom. The third kappa shape index (κ3) is 8.84. The second kappa shape index (κ2) is 18.6. The SMILES string of the molecule is CC1C(C(C)N2CCC(c3ccc(C(=O)C=C4CCC(CN5CCC(c6cc7c(cc6F)n(C6CCC(=O)NC6=O)c(=O)n7C)CC5)CC4)cc3)CC2)=Cc2c(-c3ccc(N)nc3)ccnc21. The topological polar surface area (TPSA) is 148 Å². The summed E-state index contributed by atoms with van der Waals surface area (Å²) in [6.45, 7) is 9.40. The zero-order valence-corrected chi connectivity index (χ0v) is 38.8. The molecule has 67 heavy (non-hydrogen) atoms. The predicted molar refractivity (Wildman–Crippen MR) is 259 cm³/mol. The number of hydrogen-bond donors (Lipinski definition) is 2. The molecule has 348 valence electrons. The highest BCUT2D eigenvalue weighted by Crippen LogP contribution is 2.43. The van der Waals surface area contributed by atoms with E-state index in [4.69, 9.17) is 10.7 Å². The maximum absolute atomic E-state index is 15.8. The molecular weight excluding hydrogens is 844 g/mol. The van der Waals surface area contributed by atoms with Gasteiger partial charge in [0, 0.05) is 67.1 Å². The number of pyridine rings is 2. The van der Waals surface area contributed by atoms with Crippen LogP contribution >= 0.6 is 0 Å². The van der Waals surface area contributed by atoms with Crippen LogP contribution in [-0.4, -0.2) is 85.3 Å². The van der Waals surface area contributed by atoms with Gasteiger partial charge in [-0.15, -0.1) is 0 Å². The number of benzene rings is 2. The molecule has 0 bridgehead atoms. The molecule has 2 aliphatic carbocycles. The van der Waals surface area contributed by atoms with Gasteiger partial charge in [0.25, 0.3) is 0 Å². The van der Waals surface area contributed by atoms with Gasteiger partial charge in [-0.1, -0.05) is 42.8 Å². The monoisotopic (exact) mass is 904 g/mol. The van der Waals surface area contributed by atoms with Crippen LogP contribution in [-0.2, 0) is 16.6 Å². The summed E-state index contributed by atoms with van der Waals surface area (Å²) in [6, 6.07) is 17.0. The van der Waals surface area contributed by atoms with E-state index >= 15 is 4.39 Å². The lowest BCUT2D eigenvalue weighted by Gasteiger charge is -2.37. The van der Waals surface area contributed by atoms with Gasteiger partial charge in [-0.05, 0) is 161 Å². The van der Waals surface area contributed by atoms with Gasteiger partial charge in [0.1, 0.15) is 17.7 Å². The summed E-state index contributed by atoms with van der Waals surface area (Å²) in [4.78, 5) is 65.3. The Morgan fingerprint density at radius 3 is 2.31 bits per heavy atom. The first-order valence-electron chi connectivity index (χ1n) is 24.4. The van der Waals surface area contributed by atoms with Crippen molar-refractivity contribution >= 4 is 40.5 Å². The Kier molecular flexibility index (Phi) is 12.4. The minimum Gasteiger partial charge on any atom is -0.384 e. The molecule has 3 aliphatic heterocycles. The van der Waals surface area contributed by atoms with E-state index in [2.05, 4.69) is 58.2 Å². The lowest BCUT2D eigenvalue weighted by molar-refractivity contribution is -0.135. The minimum absolute atomic E-state index is 0.0362. The summed E-state index contributed by atoms with van der Waals surface area (Å²) in [5.41, 5.74) is 16.3. The number of carbonyl (C=O) groups is 3. The van der Waals surface area contributed by atoms with E-state index in [9.17, 15) is 19.2 Å². The number of aromatic nitrogens is 4. The van der Waals surface area contributed by atoms with Crippen LogP contribution in [0.2, 0.25) is 0 Å². The number of anilines is 1. The Hall–Kier alpha value is -6.05. The molecule has 3 saturated heterocycles. The lowest BCUT2D eigenvalue weighted by Crippen LogP contribution is -2.44. The Balaban J connectivity index is 0.684. The van der Waals surface area contributed by atoms with Crippen LogP contribution in [0.5, 0.6) is 0 Å². The van der Waals surface area contributed by atoms with Crippen molar-refractivity contribution in [2.45, 2.75) is 108 Å². The summed E-state index contributed by atoms with van der Waals surface area (Å²) < 4.78 is 18.6. The third-order valence-electron chi connectivity index (χ3n) is 15.9. The Morgan fingerprint density at radius 1 is 0.881 bits per heavy atom. The summed E-state index contributed by atoms with van der Waals surface area (Å²) in [7, 11) is 1.65. The van der Waals surface area contributed by atoms with Crippen molar-refractivity contribution in [2.24, 2.45) is 13.0 Å². The fraction of sp³-hybridized carbons (Fsp3) is 0.444. The first-order valence-corrected chi connectivity index (χ1v) is 24.4. The zero-order chi connectivity index (χ0) is 46.5. The van der Waals surface area contributed by atoms with Crippen LogP contribution in [0.3, 0.4) is 0 Å². The summed E-state index contributed by atoms with van der Waals surface area (Å²) in [5, 5.41) is 2.31. The van der Waals surface area contributed by atoms with Crippen LogP contribution < -0.4 is 16.7 Å². The van der Waals surface area contributed by atoms with Crippen molar-refractivity contribution in [3.63, 3.8) is 0 Å². The number of piperidine rings is 3. The Bertz CT molecular complexity index is 2840. The number of nitrogens with zero attached hydrogens (tertiary/aromatic N) is 6. The quantitative estimate of drug-likeness (QED) is 0.0801. The number of fused-ring (bicyclic) bond motifs is 2. The number of halogens is 1. The standard InChI is InChI=1S/C54H61FN8O4/c1-32-42(27-44-41(16-21-57-52(32)44)40-12-14-50(56)58-30-40)33(2)62-24-19-37(20-25-62)36-8-10-39(11-9-36)49(64)26-34-4-6-35(7-5-34)31-61-22-17-38(18-23-61)43-28-47-48(29-45(43)55)63(54(67)60(47)3)46-13-15-51(65)59-53(46)66/h8-12,14,16,21,26-30,32-33,35,37-38,46H,4-7,13,15,17-20,22-25,31H2,1-3H3,(H2,56,58)(H,59,65,66). The number of imidazole rings is 1. The first kappa shape index (κ1) is 44.8. The number of nitrogen functional groups attached to an aromatic ring is 1. The number of rotatable bonds is 10. The maximum atomic E-state index is 15.8. The van der Waals surface area contributed by atoms with Gasteiger partial charge in [0.2, 0.25) is 11.8 Å². The molecule has 2 aromatic carbocycles. The minimum atomic E-state index is -0.846. The molecule has 6 heterocycles. The van der Waals surface area contributed by atoms with E-state index in [1.165, 1.54) is 37.5 Å². The van der Waals surface area contributed by atoms with Crippen LogP contribution in [0.15, 0.2) is 89.0 Å². The van der Waals surface area contributed by atoms with Crippen LogP contribution in [0.4, 0.5) is 10.2 Å². The molecule has 2 amide bonds. The highest BCUT2D eigenvalue weighted by atomic mass is 19.1. The van der Waals surface area contributed by atoms with Crippen molar-refractivity contribution in [2.75, 3.05) is 38.5 Å². The number of nitrogens with two attached hydrogens (primary N) is 1. The van der Waals surface area contributed by atoms with Crippen LogP contribution in [0.25, 0.3) is 28.2 Å². The van der Waals surface area contributed by atoms with E-state index in [1.54, 1.807) is 13.1 Å². The van der Waals surface area contributed by atoms with Gasteiger partial charge in [-0.2, -0.15) is 0 Å². The van der Waals surface area contributed by atoms with Gasteiger partial charge in [0.05, 0.1) is 16.7 Å². The van der Waals surface area contributed by atoms with E-state index in [0.29, 0.717) is 40.3 Å². The molecule has 5 aliphatic rings. The summed E-state index contributed by atoms with van der Waals surface area (Å²) >= 11 is 0. The average molecular weight is 905 g/mol. The summed E-state index contributed by atoms with van der Waals surface area (Å²) in [6.07, 6.45) is 16.1. The number of amides is 2. The second-order valence-electron chi connectivity index (χ2n) is 19.8. The first-order chi connectivity index (χ1) is 32.4. The second-order valence-corrected chi connectivity index (χ2v) is 19.8. The molecule has 1 saturated carbocycles. The van der Waals surface area contributed by atoms with Gasteiger partial charge >= 0.3 is 5.69 Å². The highest BCUT2D eigenvalue weighted by molar-refractivity contribution is 6.05. The number of ketones is 1. The number of aryl methyl sites for hydroxylation is 1. The van der Waals surface area contributed by atoms with E-state index in [0.717, 1.165) is 106 Å². The summed E-state index contributed by atoms with van der Waals surface area (Å²) in [5.74, 6) is 0.670. The molecule has 3 unspecified atom stereocenters. The number of nitrogens with one attached hydrogen (secondary N) is 1. The van der Waals surface area contributed by atoms with Gasteiger partial charge in [0.15, 0.2) is 5.78 Å². The van der Waals surface area contributed by atoms with Crippen molar-refractivity contribution in [3.05, 3.63) is 128 Å². The number of hydrogen-bond acceptors (Lipinski definition) is 9. The zero-order valence-electron chi connectivity index (χ0n) is 38.8. The van der Waals surface area contributed by atoms with E-state index in [1.807, 2.05) is 42.7 Å². The number of allylic oxidation sites excluding steroid dienone is 2. The Labute approximate surface area is 391 Å². The van der Waals surface area contributed by atoms with Crippen molar-refractivity contribution in [1.82, 2.24) is 34.2 Å². The number of carbonyl (C=O) groups excluding carboxylic acids is 3. The molecule has 0 radical (unpaired) electrons. The number of imide groups is 1. The van der Waals surface area contributed by atoms with Crippen molar-refractivity contribution < 1.29 is 18.8 Å². The van der Waals surface area contributed by atoms with Crippen LogP contribution in [0.1, 0.15) is 135 Å². The van der Waals surface area contributed by atoms with E-state index in [-0.39, 0.29) is 42.2 Å². The molecule has 5 aromatic rings. The fourth-order valence-corrected chi connectivity index (χ4v) is 11.9. The third-order valence-corrected chi connectivity index (χ3v) is 15.9. The van der Waals surface area contributed by atoms with Gasteiger partial charge < -0.3 is 10.6 Å². The molecule has 13 heteroatoms. The lowest BCUT2D eigenvalue weighted by atomic mass is 9.83. The smallest absolute Gasteiger partial charge is 0.329 e. The molecule has 0 spiro atoms. The molecule has 3 atom stereocenters. The van der Waals surface area contributed by atoms with Gasteiger partial charge in [-0.25, -0.2) is 14.2 Å². The van der Waals surface area contributed by atoms with Crippen LogP contribution in [0, 0.1) is 11.7 Å². The molecule has 12 nitrogen and oxygen atoms in total. The fourth-order valence-electron chi connectivity index (χ4n) is 11.9. The molecule has 4 fully saturated rings. The van der Waals surface area contributed by atoms with E-state index < -0.39 is 17.6 Å². The maximum Gasteiger partial charge on any atom is 0.329 e. The largest absolute Gasteiger partial charge is 0.384 e.